The molecule has 0 saturated heterocycles. The molecule has 2 amide bonds. The zero-order chi connectivity index (χ0) is 22.9. The molecule has 3 aromatic heterocycles. The highest BCUT2D eigenvalue weighted by atomic mass is 16.3. The molecule has 1 saturated carbocycles. The largest absolute Gasteiger partial charge is 0.472 e. The molecule has 0 bridgehead atoms. The molecular weight excluding hydrogens is 420 g/mol. The van der Waals surface area contributed by atoms with E-state index in [0.29, 0.717) is 38.0 Å². The fourth-order valence-electron chi connectivity index (χ4n) is 4.41. The Morgan fingerprint density at radius 1 is 1.24 bits per heavy atom. The fourth-order valence-corrected chi connectivity index (χ4v) is 4.41. The summed E-state index contributed by atoms with van der Waals surface area (Å²) in [6.07, 6.45) is 7.66. The predicted octanol–water partition coefficient (Wildman–Crippen LogP) is 2.65. The summed E-state index contributed by atoms with van der Waals surface area (Å²) < 4.78 is 6.73. The summed E-state index contributed by atoms with van der Waals surface area (Å²) in [5.74, 6) is -0.469. The van der Waals surface area contributed by atoms with E-state index in [1.54, 1.807) is 15.5 Å². The number of aryl methyl sites for hydroxylation is 1. The molecule has 0 atom stereocenters. The number of fused-ring (bicyclic) bond motifs is 1. The first-order valence-corrected chi connectivity index (χ1v) is 11.3. The summed E-state index contributed by atoms with van der Waals surface area (Å²) in [6, 6.07) is 7.57. The number of nitrogens with one attached hydrogen (secondary N) is 1. The molecule has 0 aromatic carbocycles. The third-order valence-electron chi connectivity index (χ3n) is 6.26. The third-order valence-corrected chi connectivity index (χ3v) is 6.26. The van der Waals surface area contributed by atoms with Crippen molar-refractivity contribution in [2.45, 2.75) is 45.2 Å². The summed E-state index contributed by atoms with van der Waals surface area (Å²) in [5, 5.41) is 2.92. The van der Waals surface area contributed by atoms with Gasteiger partial charge in [-0.1, -0.05) is 6.07 Å². The van der Waals surface area contributed by atoms with Crippen molar-refractivity contribution in [3.05, 3.63) is 87.0 Å². The lowest BCUT2D eigenvalue weighted by molar-refractivity contribution is 0.0733. The summed E-state index contributed by atoms with van der Waals surface area (Å²) >= 11 is 0. The highest BCUT2D eigenvalue weighted by Gasteiger charge is 2.32. The van der Waals surface area contributed by atoms with Gasteiger partial charge in [-0.25, -0.2) is 0 Å². The zero-order valence-electron chi connectivity index (χ0n) is 18.5. The van der Waals surface area contributed by atoms with Gasteiger partial charge in [0, 0.05) is 49.7 Å². The number of carbonyl (C=O) groups excluding carboxylic acids is 2. The molecule has 0 spiro atoms. The van der Waals surface area contributed by atoms with Crippen LogP contribution >= 0.6 is 0 Å². The van der Waals surface area contributed by atoms with Crippen LogP contribution in [0.3, 0.4) is 0 Å². The van der Waals surface area contributed by atoms with Crippen LogP contribution in [0.2, 0.25) is 0 Å². The maximum atomic E-state index is 13.2. The van der Waals surface area contributed by atoms with Crippen molar-refractivity contribution < 1.29 is 14.0 Å². The molecule has 33 heavy (non-hydrogen) atoms. The fraction of sp³-hybridized carbons (Fsp3) is 0.360. The number of hydrogen-bond donors (Lipinski definition) is 1. The highest BCUT2D eigenvalue weighted by Crippen LogP contribution is 2.35. The van der Waals surface area contributed by atoms with Crippen molar-refractivity contribution in [3.8, 4) is 0 Å². The maximum Gasteiger partial charge on any atom is 0.263 e. The Balaban J connectivity index is 1.39. The Morgan fingerprint density at radius 3 is 2.82 bits per heavy atom. The lowest BCUT2D eigenvalue weighted by atomic mass is 9.95. The second-order valence-electron chi connectivity index (χ2n) is 8.72. The standard InChI is InChI=1S/C25H26N4O4/c1-16-3-2-4-19(27-16)7-10-26-23(30)22-21-8-11-28(24(31)17-9-12-33-15-17)13-18(21)14-29(25(22)32)20-5-6-20/h2-4,9,12,14-15,20H,5-8,10-11,13H2,1H3,(H,26,30). The molecule has 5 rings (SSSR count). The van der Waals surface area contributed by atoms with E-state index in [9.17, 15) is 14.4 Å². The van der Waals surface area contributed by atoms with E-state index in [4.69, 9.17) is 4.42 Å². The molecular formula is C25H26N4O4. The van der Waals surface area contributed by atoms with Crippen molar-refractivity contribution in [2.24, 2.45) is 0 Å². The van der Waals surface area contributed by atoms with Crippen LogP contribution in [0.1, 0.15) is 62.1 Å². The van der Waals surface area contributed by atoms with E-state index < -0.39 is 0 Å². The van der Waals surface area contributed by atoms with Gasteiger partial charge in [0.2, 0.25) is 0 Å². The molecule has 1 N–H and O–H groups in total. The van der Waals surface area contributed by atoms with Gasteiger partial charge in [-0.15, -0.1) is 0 Å². The number of amides is 2. The quantitative estimate of drug-likeness (QED) is 0.628. The predicted molar refractivity (Wildman–Crippen MR) is 121 cm³/mol. The lowest BCUT2D eigenvalue weighted by Crippen LogP contribution is -2.41. The Labute approximate surface area is 191 Å². The first kappa shape index (κ1) is 21.2. The van der Waals surface area contributed by atoms with Gasteiger partial charge in [-0.3, -0.25) is 19.4 Å². The SMILES string of the molecule is Cc1cccc(CCNC(=O)c2c3c(cn(C4CC4)c2=O)CN(C(=O)c2ccoc2)CC3)n1. The number of aromatic nitrogens is 2. The minimum Gasteiger partial charge on any atom is -0.472 e. The number of pyridine rings is 2. The molecule has 1 aliphatic carbocycles. The van der Waals surface area contributed by atoms with Gasteiger partial charge < -0.3 is 19.2 Å². The van der Waals surface area contributed by atoms with E-state index in [1.165, 1.54) is 12.5 Å². The molecule has 0 radical (unpaired) electrons. The van der Waals surface area contributed by atoms with Crippen LogP contribution in [0.4, 0.5) is 0 Å². The molecule has 8 nitrogen and oxygen atoms in total. The Bertz CT molecular complexity index is 1260. The van der Waals surface area contributed by atoms with Crippen molar-refractivity contribution in [3.63, 3.8) is 0 Å². The van der Waals surface area contributed by atoms with Gasteiger partial charge in [-0.2, -0.15) is 0 Å². The van der Waals surface area contributed by atoms with Gasteiger partial charge in [0.05, 0.1) is 11.8 Å². The monoisotopic (exact) mass is 446 g/mol. The van der Waals surface area contributed by atoms with Crippen LogP contribution in [-0.4, -0.2) is 39.4 Å². The Kier molecular flexibility index (Phi) is 5.58. The van der Waals surface area contributed by atoms with Crippen LogP contribution in [-0.2, 0) is 19.4 Å². The van der Waals surface area contributed by atoms with Gasteiger partial charge in [0.1, 0.15) is 11.8 Å². The van der Waals surface area contributed by atoms with E-state index in [0.717, 1.165) is 35.4 Å². The van der Waals surface area contributed by atoms with E-state index in [1.807, 2.05) is 31.3 Å². The van der Waals surface area contributed by atoms with Crippen LogP contribution in [0.25, 0.3) is 0 Å². The first-order chi connectivity index (χ1) is 16.0. The first-order valence-electron chi connectivity index (χ1n) is 11.3. The molecule has 3 aromatic rings. The molecule has 1 aliphatic heterocycles. The zero-order valence-corrected chi connectivity index (χ0v) is 18.5. The van der Waals surface area contributed by atoms with Crippen LogP contribution in [0.5, 0.6) is 0 Å². The number of nitrogens with zero attached hydrogens (tertiary/aromatic N) is 3. The second-order valence-corrected chi connectivity index (χ2v) is 8.72. The smallest absolute Gasteiger partial charge is 0.263 e. The number of hydrogen-bond acceptors (Lipinski definition) is 5. The van der Waals surface area contributed by atoms with Gasteiger partial charge in [0.15, 0.2) is 0 Å². The van der Waals surface area contributed by atoms with Crippen molar-refractivity contribution >= 4 is 11.8 Å². The van der Waals surface area contributed by atoms with Crippen molar-refractivity contribution in [1.82, 2.24) is 19.8 Å². The highest BCUT2D eigenvalue weighted by molar-refractivity contribution is 5.96. The van der Waals surface area contributed by atoms with Gasteiger partial charge in [0.25, 0.3) is 17.4 Å². The lowest BCUT2D eigenvalue weighted by Gasteiger charge is -2.30. The minimum atomic E-state index is -0.353. The number of carbonyl (C=O) groups is 2. The van der Waals surface area contributed by atoms with Crippen molar-refractivity contribution in [1.29, 1.82) is 0 Å². The number of rotatable bonds is 6. The summed E-state index contributed by atoms with van der Waals surface area (Å²) in [7, 11) is 0. The van der Waals surface area contributed by atoms with Crippen LogP contribution in [0, 0.1) is 6.92 Å². The van der Waals surface area contributed by atoms with Gasteiger partial charge in [-0.05, 0) is 55.5 Å². The summed E-state index contributed by atoms with van der Waals surface area (Å²) in [6.45, 7) is 3.13. The topological polar surface area (TPSA) is 97.4 Å². The summed E-state index contributed by atoms with van der Waals surface area (Å²) in [4.78, 5) is 45.4. The average Bonchev–Trinajstić information content (AvgIpc) is 3.50. The van der Waals surface area contributed by atoms with Gasteiger partial charge >= 0.3 is 0 Å². The normalized spacial score (nSPS) is 15.2. The molecule has 8 heteroatoms. The maximum absolute atomic E-state index is 13.2. The third kappa shape index (κ3) is 4.33. The second kappa shape index (κ2) is 8.69. The molecule has 1 fully saturated rings. The molecule has 2 aliphatic rings. The molecule has 170 valence electrons. The summed E-state index contributed by atoms with van der Waals surface area (Å²) in [5.41, 5.74) is 3.90. The van der Waals surface area contributed by atoms with E-state index in [2.05, 4.69) is 10.3 Å². The van der Waals surface area contributed by atoms with Crippen LogP contribution < -0.4 is 10.9 Å². The van der Waals surface area contributed by atoms with Crippen molar-refractivity contribution in [2.75, 3.05) is 13.1 Å². The van der Waals surface area contributed by atoms with E-state index >= 15 is 0 Å². The van der Waals surface area contributed by atoms with Crippen LogP contribution in [0.15, 0.2) is 52.2 Å². The Hall–Kier alpha value is -3.68. The average molecular weight is 447 g/mol. The minimum absolute atomic E-state index is 0.116. The molecule has 4 heterocycles. The van der Waals surface area contributed by atoms with E-state index in [-0.39, 0.29) is 29.0 Å². The molecule has 0 unspecified atom stereocenters. The Morgan fingerprint density at radius 2 is 2.09 bits per heavy atom. The number of furan rings is 1.